The minimum atomic E-state index is 0.0878. The summed E-state index contributed by atoms with van der Waals surface area (Å²) < 4.78 is 1.60. The largest absolute Gasteiger partial charge is 0.355 e. The first-order valence-corrected chi connectivity index (χ1v) is 7.51. The number of rotatable bonds is 5. The summed E-state index contributed by atoms with van der Waals surface area (Å²) in [5, 5.41) is 14.5. The van der Waals surface area contributed by atoms with E-state index in [9.17, 15) is 4.79 Å². The standard InChI is InChI=1S/C17H18N6O/c1-22(2)17(24)10-13-6-8-14(9-7-13)19-15-4-3-5-16(11-15)23-12-18-20-21-23/h3-9,11-12,19H,10H2,1-2H3. The first-order chi connectivity index (χ1) is 11.6. The fraction of sp³-hybridized carbons (Fsp3) is 0.176. The Labute approximate surface area is 139 Å². The summed E-state index contributed by atoms with van der Waals surface area (Å²) in [7, 11) is 3.52. The van der Waals surface area contributed by atoms with Gasteiger partial charge >= 0.3 is 0 Å². The number of hydrogen-bond donors (Lipinski definition) is 1. The number of benzene rings is 2. The zero-order valence-corrected chi connectivity index (χ0v) is 13.5. The molecule has 2 aromatic carbocycles. The van der Waals surface area contributed by atoms with E-state index in [4.69, 9.17) is 0 Å². The predicted molar refractivity (Wildman–Crippen MR) is 91.3 cm³/mol. The van der Waals surface area contributed by atoms with Gasteiger partial charge in [-0.3, -0.25) is 4.79 Å². The molecule has 1 aromatic heterocycles. The van der Waals surface area contributed by atoms with Crippen molar-refractivity contribution in [1.29, 1.82) is 0 Å². The third-order valence-corrected chi connectivity index (χ3v) is 3.56. The molecule has 1 amide bonds. The van der Waals surface area contributed by atoms with Crippen LogP contribution >= 0.6 is 0 Å². The summed E-state index contributed by atoms with van der Waals surface area (Å²) in [6.07, 6.45) is 1.96. The molecule has 0 aliphatic carbocycles. The lowest BCUT2D eigenvalue weighted by Gasteiger charge is -2.11. The molecule has 0 atom stereocenters. The van der Waals surface area contributed by atoms with Gasteiger partial charge in [0.1, 0.15) is 6.33 Å². The number of hydrogen-bond acceptors (Lipinski definition) is 5. The molecule has 0 bridgehead atoms. The summed E-state index contributed by atoms with van der Waals surface area (Å²) in [6.45, 7) is 0. The Kier molecular flexibility index (Phi) is 4.51. The summed E-state index contributed by atoms with van der Waals surface area (Å²) in [5.41, 5.74) is 3.74. The molecular weight excluding hydrogens is 304 g/mol. The molecule has 0 saturated heterocycles. The minimum absolute atomic E-state index is 0.0878. The van der Waals surface area contributed by atoms with Gasteiger partial charge in [0.2, 0.25) is 5.91 Å². The molecule has 3 aromatic rings. The summed E-state index contributed by atoms with van der Waals surface area (Å²) in [4.78, 5) is 13.3. The lowest BCUT2D eigenvalue weighted by atomic mass is 10.1. The van der Waals surface area contributed by atoms with E-state index in [0.717, 1.165) is 22.6 Å². The highest BCUT2D eigenvalue weighted by Crippen LogP contribution is 2.19. The van der Waals surface area contributed by atoms with Gasteiger partial charge in [-0.15, -0.1) is 5.10 Å². The molecule has 0 spiro atoms. The van der Waals surface area contributed by atoms with Gasteiger partial charge in [0.25, 0.3) is 0 Å². The number of carbonyl (C=O) groups excluding carboxylic acids is 1. The number of amides is 1. The number of tetrazole rings is 1. The highest BCUT2D eigenvalue weighted by Gasteiger charge is 2.05. The zero-order valence-electron chi connectivity index (χ0n) is 13.5. The first kappa shape index (κ1) is 15.7. The third-order valence-electron chi connectivity index (χ3n) is 3.56. The van der Waals surface area contributed by atoms with Crippen molar-refractivity contribution in [1.82, 2.24) is 25.1 Å². The van der Waals surface area contributed by atoms with Crippen molar-refractivity contribution >= 4 is 17.3 Å². The average Bonchev–Trinajstić information content (AvgIpc) is 3.11. The van der Waals surface area contributed by atoms with E-state index in [1.807, 2.05) is 48.5 Å². The topological polar surface area (TPSA) is 75.9 Å². The monoisotopic (exact) mass is 322 g/mol. The molecule has 0 fully saturated rings. The number of nitrogens with zero attached hydrogens (tertiary/aromatic N) is 5. The maximum Gasteiger partial charge on any atom is 0.226 e. The van der Waals surface area contributed by atoms with Crippen LogP contribution < -0.4 is 5.32 Å². The van der Waals surface area contributed by atoms with Gasteiger partial charge < -0.3 is 10.2 Å². The fourth-order valence-corrected chi connectivity index (χ4v) is 2.21. The Morgan fingerprint density at radius 3 is 2.58 bits per heavy atom. The Bertz CT molecular complexity index is 811. The van der Waals surface area contributed by atoms with Crippen molar-refractivity contribution in [2.75, 3.05) is 19.4 Å². The second-order valence-corrected chi connectivity index (χ2v) is 5.59. The summed E-state index contributed by atoms with van der Waals surface area (Å²) >= 11 is 0. The van der Waals surface area contributed by atoms with Crippen molar-refractivity contribution in [3.63, 3.8) is 0 Å². The van der Waals surface area contributed by atoms with Crippen LogP contribution in [0.2, 0.25) is 0 Å². The SMILES string of the molecule is CN(C)C(=O)Cc1ccc(Nc2cccc(-n3cnnn3)c2)cc1. The quantitative estimate of drug-likeness (QED) is 0.778. The van der Waals surface area contributed by atoms with Crippen LogP contribution in [0.15, 0.2) is 54.9 Å². The molecule has 0 radical (unpaired) electrons. The lowest BCUT2D eigenvalue weighted by Crippen LogP contribution is -2.23. The fourth-order valence-electron chi connectivity index (χ4n) is 2.21. The van der Waals surface area contributed by atoms with Crippen LogP contribution in [0.4, 0.5) is 11.4 Å². The molecule has 1 N–H and O–H groups in total. The molecule has 0 unspecified atom stereocenters. The second kappa shape index (κ2) is 6.91. The van der Waals surface area contributed by atoms with E-state index >= 15 is 0 Å². The Balaban J connectivity index is 1.70. The molecule has 7 nitrogen and oxygen atoms in total. The van der Waals surface area contributed by atoms with Gasteiger partial charge in [-0.1, -0.05) is 18.2 Å². The number of carbonyl (C=O) groups is 1. The van der Waals surface area contributed by atoms with Crippen molar-refractivity contribution in [3.8, 4) is 5.69 Å². The van der Waals surface area contributed by atoms with E-state index in [2.05, 4.69) is 20.8 Å². The van der Waals surface area contributed by atoms with Crippen molar-refractivity contribution in [3.05, 3.63) is 60.4 Å². The first-order valence-electron chi connectivity index (χ1n) is 7.51. The lowest BCUT2D eigenvalue weighted by molar-refractivity contribution is -0.127. The molecule has 1 heterocycles. The van der Waals surface area contributed by atoms with Crippen LogP contribution in [0, 0.1) is 0 Å². The predicted octanol–water partition coefficient (Wildman–Crippen LogP) is 2.04. The third kappa shape index (κ3) is 3.75. The van der Waals surface area contributed by atoms with E-state index < -0.39 is 0 Å². The normalized spacial score (nSPS) is 10.4. The van der Waals surface area contributed by atoms with E-state index in [0.29, 0.717) is 6.42 Å². The van der Waals surface area contributed by atoms with Crippen LogP contribution in [0.3, 0.4) is 0 Å². The van der Waals surface area contributed by atoms with Crippen LogP contribution in [0.1, 0.15) is 5.56 Å². The highest BCUT2D eigenvalue weighted by molar-refractivity contribution is 5.78. The van der Waals surface area contributed by atoms with Crippen molar-refractivity contribution in [2.45, 2.75) is 6.42 Å². The van der Waals surface area contributed by atoms with Crippen LogP contribution in [-0.4, -0.2) is 45.1 Å². The second-order valence-electron chi connectivity index (χ2n) is 5.59. The number of likely N-dealkylation sites (N-methyl/N-ethyl adjacent to an activating group) is 1. The molecule has 24 heavy (non-hydrogen) atoms. The number of nitrogens with one attached hydrogen (secondary N) is 1. The number of aromatic nitrogens is 4. The smallest absolute Gasteiger partial charge is 0.226 e. The Morgan fingerprint density at radius 2 is 1.92 bits per heavy atom. The zero-order chi connectivity index (χ0) is 16.9. The minimum Gasteiger partial charge on any atom is -0.355 e. The average molecular weight is 322 g/mol. The molecule has 7 heteroatoms. The molecule has 0 aliphatic heterocycles. The van der Waals surface area contributed by atoms with Gasteiger partial charge in [0.15, 0.2) is 0 Å². The van der Waals surface area contributed by atoms with E-state index in [1.165, 1.54) is 0 Å². The van der Waals surface area contributed by atoms with Gasteiger partial charge in [-0.2, -0.15) is 0 Å². The van der Waals surface area contributed by atoms with Crippen molar-refractivity contribution in [2.24, 2.45) is 0 Å². The van der Waals surface area contributed by atoms with Crippen LogP contribution in [0.5, 0.6) is 0 Å². The molecular formula is C17H18N6O. The molecule has 0 saturated carbocycles. The number of anilines is 2. The van der Waals surface area contributed by atoms with Crippen LogP contribution in [-0.2, 0) is 11.2 Å². The molecule has 3 rings (SSSR count). The Morgan fingerprint density at radius 1 is 1.12 bits per heavy atom. The summed E-state index contributed by atoms with van der Waals surface area (Å²) in [6, 6.07) is 15.6. The van der Waals surface area contributed by atoms with Gasteiger partial charge in [-0.25, -0.2) is 4.68 Å². The van der Waals surface area contributed by atoms with E-state index in [1.54, 1.807) is 30.0 Å². The van der Waals surface area contributed by atoms with E-state index in [-0.39, 0.29) is 5.91 Å². The Hall–Kier alpha value is -3.22. The van der Waals surface area contributed by atoms with Gasteiger partial charge in [-0.05, 0) is 46.3 Å². The maximum atomic E-state index is 11.7. The highest BCUT2D eigenvalue weighted by atomic mass is 16.2. The molecule has 0 aliphatic rings. The van der Waals surface area contributed by atoms with Crippen LogP contribution in [0.25, 0.3) is 5.69 Å². The maximum absolute atomic E-state index is 11.7. The van der Waals surface area contributed by atoms with Gasteiger partial charge in [0.05, 0.1) is 12.1 Å². The summed E-state index contributed by atoms with van der Waals surface area (Å²) in [5.74, 6) is 0.0878. The van der Waals surface area contributed by atoms with Gasteiger partial charge in [0, 0.05) is 25.5 Å². The molecule has 122 valence electrons. The van der Waals surface area contributed by atoms with Crippen molar-refractivity contribution < 1.29 is 4.79 Å².